The summed E-state index contributed by atoms with van der Waals surface area (Å²) in [4.78, 5) is 2.40. The van der Waals surface area contributed by atoms with Crippen molar-refractivity contribution in [1.82, 2.24) is 0 Å². The van der Waals surface area contributed by atoms with E-state index >= 15 is 0 Å². The molecule has 6 aromatic carbocycles. The summed E-state index contributed by atoms with van der Waals surface area (Å²) in [6, 6.07) is 55.3. The molecule has 0 aromatic heterocycles. The van der Waals surface area contributed by atoms with Crippen LogP contribution in [0.5, 0.6) is 0 Å². The molecule has 0 bridgehead atoms. The molecule has 1 heteroatoms. The van der Waals surface area contributed by atoms with Gasteiger partial charge in [-0.3, -0.25) is 0 Å². The SMILES string of the molecule is C=CC=C(C)C1(c2ccccc2)C(C)=C(C=C)c2ccc(N(c3ccc(-c4ccccc4C4=CC=CC(C)C4)cc3)c3cccc(-c4ccccc4)c3)cc21. The molecule has 2 aliphatic rings. The van der Waals surface area contributed by atoms with Gasteiger partial charge in [-0.1, -0.05) is 177 Å². The molecule has 0 radical (unpaired) electrons. The largest absolute Gasteiger partial charge is 0.310 e. The van der Waals surface area contributed by atoms with E-state index in [1.54, 1.807) is 0 Å². The summed E-state index contributed by atoms with van der Waals surface area (Å²) in [5.41, 5.74) is 17.7. The van der Waals surface area contributed by atoms with Gasteiger partial charge >= 0.3 is 0 Å². The van der Waals surface area contributed by atoms with Gasteiger partial charge in [0.2, 0.25) is 0 Å². The number of hydrogen-bond acceptors (Lipinski definition) is 1. The zero-order valence-electron chi connectivity index (χ0n) is 32.0. The van der Waals surface area contributed by atoms with Crippen molar-refractivity contribution in [2.45, 2.75) is 32.6 Å². The second kappa shape index (κ2) is 15.1. The number of nitrogens with zero attached hydrogens (tertiary/aromatic N) is 1. The van der Waals surface area contributed by atoms with Crippen molar-refractivity contribution in [3.05, 3.63) is 235 Å². The number of anilines is 3. The maximum Gasteiger partial charge on any atom is 0.0634 e. The minimum atomic E-state index is -0.476. The van der Waals surface area contributed by atoms with Crippen molar-refractivity contribution in [2.24, 2.45) is 5.92 Å². The minimum Gasteiger partial charge on any atom is -0.310 e. The lowest BCUT2D eigenvalue weighted by atomic mass is 9.67. The van der Waals surface area contributed by atoms with Crippen LogP contribution >= 0.6 is 0 Å². The van der Waals surface area contributed by atoms with Gasteiger partial charge in [0.25, 0.3) is 0 Å². The predicted octanol–water partition coefficient (Wildman–Crippen LogP) is 14.9. The lowest BCUT2D eigenvalue weighted by Crippen LogP contribution is -2.29. The Balaban J connectivity index is 1.31. The molecule has 6 aromatic rings. The normalized spacial score (nSPS) is 17.8. The van der Waals surface area contributed by atoms with E-state index in [2.05, 4.69) is 215 Å². The first-order chi connectivity index (χ1) is 26.9. The summed E-state index contributed by atoms with van der Waals surface area (Å²) in [5.74, 6) is 0.529. The Bertz CT molecular complexity index is 2510. The van der Waals surface area contributed by atoms with E-state index in [4.69, 9.17) is 0 Å². The molecule has 0 fully saturated rings. The molecule has 2 atom stereocenters. The molecule has 55 heavy (non-hydrogen) atoms. The summed E-state index contributed by atoms with van der Waals surface area (Å²) in [6.45, 7) is 15.2. The highest BCUT2D eigenvalue weighted by atomic mass is 15.1. The van der Waals surface area contributed by atoms with Crippen LogP contribution < -0.4 is 4.90 Å². The summed E-state index contributed by atoms with van der Waals surface area (Å²) >= 11 is 0. The second-order valence-corrected chi connectivity index (χ2v) is 14.8. The highest BCUT2D eigenvalue weighted by Gasteiger charge is 2.45. The minimum absolute atomic E-state index is 0.476. The predicted molar refractivity (Wildman–Crippen MR) is 237 cm³/mol. The fourth-order valence-corrected chi connectivity index (χ4v) is 8.93. The van der Waals surface area contributed by atoms with Gasteiger partial charge in [-0.15, -0.1) is 0 Å². The van der Waals surface area contributed by atoms with Crippen LogP contribution in [0.3, 0.4) is 0 Å². The monoisotopic (exact) mass is 709 g/mol. The summed E-state index contributed by atoms with van der Waals surface area (Å²) in [6.07, 6.45) is 13.9. The number of hydrogen-bond donors (Lipinski definition) is 0. The van der Waals surface area contributed by atoms with Gasteiger partial charge in [0.05, 0.1) is 5.41 Å². The van der Waals surface area contributed by atoms with E-state index in [0.717, 1.165) is 23.5 Å². The zero-order chi connectivity index (χ0) is 37.9. The number of rotatable bonds is 10. The van der Waals surface area contributed by atoms with Crippen LogP contribution in [0.2, 0.25) is 0 Å². The molecule has 0 aliphatic heterocycles. The quantitative estimate of drug-likeness (QED) is 0.128. The Morgan fingerprint density at radius 2 is 1.31 bits per heavy atom. The third-order valence-corrected chi connectivity index (χ3v) is 11.5. The maximum atomic E-state index is 4.31. The highest BCUT2D eigenvalue weighted by Crippen LogP contribution is 2.56. The first kappa shape index (κ1) is 35.6. The third kappa shape index (κ3) is 6.36. The second-order valence-electron chi connectivity index (χ2n) is 14.8. The van der Waals surface area contributed by atoms with Gasteiger partial charge < -0.3 is 4.90 Å². The van der Waals surface area contributed by atoms with Gasteiger partial charge in [-0.2, -0.15) is 0 Å². The molecule has 8 rings (SSSR count). The van der Waals surface area contributed by atoms with Crippen LogP contribution in [0.4, 0.5) is 17.1 Å². The zero-order valence-corrected chi connectivity index (χ0v) is 32.0. The Morgan fingerprint density at radius 1 is 0.655 bits per heavy atom. The summed E-state index contributed by atoms with van der Waals surface area (Å²) in [5, 5.41) is 0. The van der Waals surface area contributed by atoms with Gasteiger partial charge in [0, 0.05) is 17.1 Å². The molecule has 0 N–H and O–H groups in total. The van der Waals surface area contributed by atoms with Crippen molar-refractivity contribution in [1.29, 1.82) is 0 Å². The summed E-state index contributed by atoms with van der Waals surface area (Å²) in [7, 11) is 0. The van der Waals surface area contributed by atoms with Crippen LogP contribution in [0.15, 0.2) is 212 Å². The average Bonchev–Trinajstić information content (AvgIpc) is 3.49. The Kier molecular flexibility index (Phi) is 9.79. The molecule has 1 nitrogen and oxygen atoms in total. The average molecular weight is 710 g/mol. The van der Waals surface area contributed by atoms with Crippen molar-refractivity contribution < 1.29 is 0 Å². The lowest BCUT2D eigenvalue weighted by Gasteiger charge is -2.36. The molecule has 2 unspecified atom stereocenters. The lowest BCUT2D eigenvalue weighted by molar-refractivity contribution is 0.723. The van der Waals surface area contributed by atoms with Gasteiger partial charge in [0.1, 0.15) is 0 Å². The smallest absolute Gasteiger partial charge is 0.0634 e. The van der Waals surface area contributed by atoms with E-state index in [1.165, 1.54) is 66.8 Å². The van der Waals surface area contributed by atoms with E-state index in [-0.39, 0.29) is 0 Å². The topological polar surface area (TPSA) is 3.24 Å². The van der Waals surface area contributed by atoms with Gasteiger partial charge in [-0.25, -0.2) is 0 Å². The molecule has 0 amide bonds. The molecule has 2 aliphatic carbocycles. The first-order valence-electron chi connectivity index (χ1n) is 19.3. The Hall–Kier alpha value is -6.44. The van der Waals surface area contributed by atoms with Crippen LogP contribution in [-0.4, -0.2) is 0 Å². The van der Waals surface area contributed by atoms with E-state index in [9.17, 15) is 0 Å². The molecule has 0 heterocycles. The van der Waals surface area contributed by atoms with Gasteiger partial charge in [-0.05, 0) is 124 Å². The van der Waals surface area contributed by atoms with Crippen molar-refractivity contribution >= 4 is 28.2 Å². The molecule has 0 saturated heterocycles. The fraction of sp³-hybridized carbons (Fsp3) is 0.111. The number of benzene rings is 6. The van der Waals surface area contributed by atoms with E-state index in [0.29, 0.717) is 5.92 Å². The van der Waals surface area contributed by atoms with Crippen molar-refractivity contribution in [3.63, 3.8) is 0 Å². The standard InChI is InChI=1S/C54H47N/c1-6-18-39(4)54(45-24-12-9-13-25-45)40(5)49(7-2)52-34-33-48(37-53(52)54)55(47-26-17-22-43(36-47)41-20-10-8-11-21-41)46-31-29-42(30-32-46)50-27-14-15-28-51(50)44-23-16-19-38(3)35-44/h6-34,36-38H,1-2,35H2,3-5H3. The molecular weight excluding hydrogens is 663 g/mol. The molecular formula is C54H47N. The molecule has 268 valence electrons. The fourth-order valence-electron chi connectivity index (χ4n) is 8.93. The van der Waals surface area contributed by atoms with Crippen LogP contribution in [-0.2, 0) is 5.41 Å². The first-order valence-corrected chi connectivity index (χ1v) is 19.3. The Morgan fingerprint density at radius 3 is 2.02 bits per heavy atom. The number of fused-ring (bicyclic) bond motifs is 1. The van der Waals surface area contributed by atoms with Crippen molar-refractivity contribution in [3.8, 4) is 22.3 Å². The Labute approximate surface area is 327 Å². The highest BCUT2D eigenvalue weighted by molar-refractivity contribution is 5.92. The molecule has 0 spiro atoms. The molecule has 0 saturated carbocycles. The van der Waals surface area contributed by atoms with Gasteiger partial charge in [0.15, 0.2) is 0 Å². The summed E-state index contributed by atoms with van der Waals surface area (Å²) < 4.78 is 0. The third-order valence-electron chi connectivity index (χ3n) is 11.5. The van der Waals surface area contributed by atoms with E-state index < -0.39 is 5.41 Å². The van der Waals surface area contributed by atoms with Crippen LogP contribution in [0, 0.1) is 5.92 Å². The van der Waals surface area contributed by atoms with E-state index in [1.807, 2.05) is 12.2 Å². The maximum absolute atomic E-state index is 4.31. The van der Waals surface area contributed by atoms with Crippen LogP contribution in [0.1, 0.15) is 49.4 Å². The van der Waals surface area contributed by atoms with Crippen LogP contribution in [0.25, 0.3) is 33.4 Å². The van der Waals surface area contributed by atoms with Crippen molar-refractivity contribution in [2.75, 3.05) is 4.90 Å². The number of allylic oxidation sites excluding steroid dienone is 10.